The molecule has 0 aromatic heterocycles. The lowest BCUT2D eigenvalue weighted by atomic mass is 9.95. The molecule has 1 aromatic carbocycles. The van der Waals surface area contributed by atoms with Crippen LogP contribution in [0.1, 0.15) is 51.1 Å². The Balaban J connectivity index is 2.45. The Hall–Kier alpha value is -2.70. The lowest BCUT2D eigenvalue weighted by molar-refractivity contribution is -0.385. The largest absolute Gasteiger partial charge is 0.503 e. The van der Waals surface area contributed by atoms with Gasteiger partial charge in [-0.2, -0.15) is 0 Å². The van der Waals surface area contributed by atoms with E-state index in [9.17, 15) is 24.8 Å². The zero-order valence-electron chi connectivity index (χ0n) is 14.4. The van der Waals surface area contributed by atoms with E-state index in [2.05, 4.69) is 6.92 Å². The highest BCUT2D eigenvalue weighted by molar-refractivity contribution is 6.08. The minimum absolute atomic E-state index is 0.0743. The summed E-state index contributed by atoms with van der Waals surface area (Å²) in [6.45, 7) is 3.65. The van der Waals surface area contributed by atoms with Gasteiger partial charge in [-0.15, -0.1) is 0 Å². The van der Waals surface area contributed by atoms with Crippen molar-refractivity contribution in [2.45, 2.75) is 45.6 Å². The molecule has 1 aliphatic rings. The number of benzene rings is 1. The Morgan fingerprint density at radius 1 is 1.28 bits per heavy atom. The second-order valence-corrected chi connectivity index (χ2v) is 6.10. The molecule has 7 nitrogen and oxygen atoms in total. The Kier molecular flexibility index (Phi) is 5.90. The molecule has 1 heterocycles. The molecule has 0 fully saturated rings. The van der Waals surface area contributed by atoms with Crippen molar-refractivity contribution >= 4 is 17.4 Å². The highest BCUT2D eigenvalue weighted by atomic mass is 16.6. The van der Waals surface area contributed by atoms with Gasteiger partial charge in [0.25, 0.3) is 11.6 Å². The average molecular weight is 346 g/mol. The fourth-order valence-corrected chi connectivity index (χ4v) is 3.16. The maximum atomic E-state index is 12.4. The van der Waals surface area contributed by atoms with Crippen LogP contribution in [0.4, 0.5) is 5.69 Å². The maximum absolute atomic E-state index is 12.4. The van der Waals surface area contributed by atoms with Crippen LogP contribution in [0.2, 0.25) is 0 Å². The number of rotatable bonds is 8. The molecule has 25 heavy (non-hydrogen) atoms. The highest BCUT2D eigenvalue weighted by Crippen LogP contribution is 2.41. The number of Topliss-reactive ketones (excluding diaryl/α,β-unsaturated/α-hetero) is 1. The van der Waals surface area contributed by atoms with Gasteiger partial charge in [0.15, 0.2) is 11.5 Å². The normalized spacial score (nSPS) is 17.3. The van der Waals surface area contributed by atoms with Crippen LogP contribution in [0.15, 0.2) is 35.6 Å². The predicted octanol–water partition coefficient (Wildman–Crippen LogP) is 3.46. The van der Waals surface area contributed by atoms with Gasteiger partial charge in [-0.1, -0.05) is 38.3 Å². The van der Waals surface area contributed by atoms with Crippen LogP contribution in [-0.2, 0) is 9.59 Å². The van der Waals surface area contributed by atoms with Crippen molar-refractivity contribution in [1.29, 1.82) is 0 Å². The molecule has 0 radical (unpaired) electrons. The smallest absolute Gasteiger partial charge is 0.290 e. The van der Waals surface area contributed by atoms with Crippen LogP contribution in [0.5, 0.6) is 0 Å². The van der Waals surface area contributed by atoms with Crippen molar-refractivity contribution in [2.75, 3.05) is 6.54 Å². The minimum atomic E-state index is -0.923. The molecule has 1 aromatic rings. The van der Waals surface area contributed by atoms with Gasteiger partial charge in [-0.25, -0.2) is 0 Å². The standard InChI is InChI=1S/C18H22N2O5/c1-3-4-5-8-11-19-16(15(12(2)21)17(22)18(19)23)13-9-6-7-10-14(13)20(24)25/h6-7,9-10,16,22H,3-5,8,11H2,1-2H3/t16-/m1/s1. The second kappa shape index (κ2) is 7.92. The van der Waals surface area contributed by atoms with Gasteiger partial charge in [0.2, 0.25) is 0 Å². The fourth-order valence-electron chi connectivity index (χ4n) is 3.16. The molecule has 0 saturated heterocycles. The van der Waals surface area contributed by atoms with Crippen molar-refractivity contribution in [2.24, 2.45) is 0 Å². The lowest BCUT2D eigenvalue weighted by Gasteiger charge is -2.26. The molecule has 134 valence electrons. The summed E-state index contributed by atoms with van der Waals surface area (Å²) >= 11 is 0. The summed E-state index contributed by atoms with van der Waals surface area (Å²) in [5, 5.41) is 21.5. The summed E-state index contributed by atoms with van der Waals surface area (Å²) < 4.78 is 0. The first kappa shape index (κ1) is 18.6. The van der Waals surface area contributed by atoms with Crippen LogP contribution < -0.4 is 0 Å². The van der Waals surface area contributed by atoms with E-state index in [1.165, 1.54) is 30.0 Å². The molecular formula is C18H22N2O5. The van der Waals surface area contributed by atoms with E-state index in [0.29, 0.717) is 13.0 Å². The molecule has 1 N–H and O–H groups in total. The summed E-state index contributed by atoms with van der Waals surface area (Å²) in [6, 6.07) is 5.09. The molecule has 0 saturated carbocycles. The second-order valence-electron chi connectivity index (χ2n) is 6.10. The number of hydrogen-bond donors (Lipinski definition) is 1. The minimum Gasteiger partial charge on any atom is -0.503 e. The Morgan fingerprint density at radius 2 is 1.96 bits per heavy atom. The third-order valence-corrected chi connectivity index (χ3v) is 4.36. The molecule has 0 spiro atoms. The van der Waals surface area contributed by atoms with Crippen molar-refractivity contribution in [3.63, 3.8) is 0 Å². The highest BCUT2D eigenvalue weighted by Gasteiger charge is 2.44. The lowest BCUT2D eigenvalue weighted by Crippen LogP contribution is -2.32. The first-order chi connectivity index (χ1) is 11.9. The van der Waals surface area contributed by atoms with Gasteiger partial charge in [-0.05, 0) is 19.4 Å². The Labute approximate surface area is 146 Å². The fraction of sp³-hybridized carbons (Fsp3) is 0.444. The number of unbranched alkanes of at least 4 members (excludes halogenated alkanes) is 3. The van der Waals surface area contributed by atoms with Gasteiger partial charge in [0, 0.05) is 12.6 Å². The van der Waals surface area contributed by atoms with Crippen molar-refractivity contribution in [1.82, 2.24) is 4.90 Å². The summed E-state index contributed by atoms with van der Waals surface area (Å²) in [7, 11) is 0. The van der Waals surface area contributed by atoms with E-state index in [1.807, 2.05) is 0 Å². The van der Waals surface area contributed by atoms with E-state index in [0.717, 1.165) is 19.3 Å². The molecule has 0 unspecified atom stereocenters. The zero-order valence-corrected chi connectivity index (χ0v) is 14.4. The summed E-state index contributed by atoms with van der Waals surface area (Å²) in [4.78, 5) is 36.7. The number of nitro benzene ring substituents is 1. The number of ketones is 1. The van der Waals surface area contributed by atoms with E-state index in [-0.39, 0.29) is 16.8 Å². The summed E-state index contributed by atoms with van der Waals surface area (Å²) in [6.07, 6.45) is 3.65. The molecule has 0 bridgehead atoms. The molecule has 1 amide bonds. The number of aliphatic hydroxyl groups is 1. The monoisotopic (exact) mass is 346 g/mol. The molecule has 1 atom stereocenters. The van der Waals surface area contributed by atoms with Crippen molar-refractivity contribution in [3.05, 3.63) is 51.3 Å². The Bertz CT molecular complexity index is 726. The first-order valence-electron chi connectivity index (χ1n) is 8.38. The van der Waals surface area contributed by atoms with Gasteiger partial charge in [0.05, 0.1) is 22.1 Å². The SMILES string of the molecule is CCCCCCN1C(=O)C(O)=C(C(C)=O)[C@H]1c1ccccc1[N+](=O)[O-]. The van der Waals surface area contributed by atoms with Crippen LogP contribution in [0, 0.1) is 10.1 Å². The maximum Gasteiger partial charge on any atom is 0.290 e. The number of aliphatic hydroxyl groups excluding tert-OH is 1. The third-order valence-electron chi connectivity index (χ3n) is 4.36. The average Bonchev–Trinajstić information content (AvgIpc) is 2.83. The van der Waals surface area contributed by atoms with Crippen LogP contribution in [0.3, 0.4) is 0 Å². The molecular weight excluding hydrogens is 324 g/mol. The molecule has 1 aliphatic heterocycles. The van der Waals surface area contributed by atoms with E-state index in [1.54, 1.807) is 6.07 Å². The van der Waals surface area contributed by atoms with E-state index < -0.39 is 28.4 Å². The number of amides is 1. The Morgan fingerprint density at radius 3 is 2.56 bits per heavy atom. The summed E-state index contributed by atoms with van der Waals surface area (Å²) in [5.74, 6) is -1.72. The zero-order chi connectivity index (χ0) is 18.6. The summed E-state index contributed by atoms with van der Waals surface area (Å²) in [5.41, 5.74) is -0.00677. The predicted molar refractivity (Wildman–Crippen MR) is 92.0 cm³/mol. The van der Waals surface area contributed by atoms with E-state index >= 15 is 0 Å². The van der Waals surface area contributed by atoms with Gasteiger partial charge in [0.1, 0.15) is 0 Å². The number of hydrogen-bond acceptors (Lipinski definition) is 5. The number of carbonyl (C=O) groups is 2. The molecule has 2 rings (SSSR count). The van der Waals surface area contributed by atoms with Crippen molar-refractivity contribution < 1.29 is 19.6 Å². The van der Waals surface area contributed by atoms with Crippen LogP contribution in [-0.4, -0.2) is 33.2 Å². The quantitative estimate of drug-likeness (QED) is 0.441. The third kappa shape index (κ3) is 3.70. The van der Waals surface area contributed by atoms with Gasteiger partial charge in [-0.3, -0.25) is 19.7 Å². The number of nitrogens with zero attached hydrogens (tertiary/aromatic N) is 2. The molecule has 7 heteroatoms. The topological polar surface area (TPSA) is 101 Å². The van der Waals surface area contributed by atoms with Gasteiger partial charge < -0.3 is 10.0 Å². The van der Waals surface area contributed by atoms with Crippen LogP contribution >= 0.6 is 0 Å². The van der Waals surface area contributed by atoms with Crippen LogP contribution in [0.25, 0.3) is 0 Å². The van der Waals surface area contributed by atoms with Crippen molar-refractivity contribution in [3.8, 4) is 0 Å². The number of para-hydroxylation sites is 1. The first-order valence-corrected chi connectivity index (χ1v) is 8.38. The number of nitro groups is 1. The van der Waals surface area contributed by atoms with E-state index in [4.69, 9.17) is 0 Å². The van der Waals surface area contributed by atoms with Gasteiger partial charge >= 0.3 is 0 Å². The molecule has 0 aliphatic carbocycles. The number of carbonyl (C=O) groups excluding carboxylic acids is 2.